The van der Waals surface area contributed by atoms with Crippen LogP contribution in [0.1, 0.15) is 31.5 Å². The maximum Gasteiger partial charge on any atom is 0.0951 e. The molecule has 2 unspecified atom stereocenters. The van der Waals surface area contributed by atoms with Crippen LogP contribution in [-0.2, 0) is 16.0 Å². The molecule has 1 aromatic rings. The number of aromatic nitrogens is 2. The van der Waals surface area contributed by atoms with Gasteiger partial charge in [0.05, 0.1) is 24.7 Å². The molecule has 1 aromatic heterocycles. The summed E-state index contributed by atoms with van der Waals surface area (Å²) < 4.78 is 12.9. The highest BCUT2D eigenvalue weighted by Crippen LogP contribution is 2.25. The molecule has 2 heterocycles. The van der Waals surface area contributed by atoms with E-state index in [9.17, 15) is 0 Å². The average molecular weight is 253 g/mol. The second-order valence-electron chi connectivity index (χ2n) is 4.82. The van der Waals surface area contributed by atoms with Gasteiger partial charge >= 0.3 is 0 Å². The van der Waals surface area contributed by atoms with Crippen LogP contribution in [0, 0.1) is 0 Å². The SMILES string of the molecule is COCCNCc1cncn1C1CCOC(C)C1. The number of nitrogens with one attached hydrogen (secondary N) is 1. The van der Waals surface area contributed by atoms with Gasteiger partial charge in [-0.2, -0.15) is 0 Å². The first-order valence-electron chi connectivity index (χ1n) is 6.63. The molecule has 102 valence electrons. The third-order valence-corrected chi connectivity index (χ3v) is 3.39. The normalized spacial score (nSPS) is 24.3. The fourth-order valence-electron chi connectivity index (χ4n) is 2.42. The van der Waals surface area contributed by atoms with Crippen LogP contribution in [0.4, 0.5) is 0 Å². The molecule has 0 aromatic carbocycles. The van der Waals surface area contributed by atoms with E-state index < -0.39 is 0 Å². The molecule has 0 radical (unpaired) electrons. The van der Waals surface area contributed by atoms with Gasteiger partial charge in [-0.25, -0.2) is 4.98 Å². The van der Waals surface area contributed by atoms with Crippen molar-refractivity contribution in [2.75, 3.05) is 26.9 Å². The molecular weight excluding hydrogens is 230 g/mol. The minimum atomic E-state index is 0.348. The Kier molecular flexibility index (Phi) is 5.16. The lowest BCUT2D eigenvalue weighted by Gasteiger charge is -2.29. The van der Waals surface area contributed by atoms with Gasteiger partial charge in [0.2, 0.25) is 0 Å². The van der Waals surface area contributed by atoms with Crippen LogP contribution in [0.3, 0.4) is 0 Å². The van der Waals surface area contributed by atoms with Crippen LogP contribution in [0.25, 0.3) is 0 Å². The van der Waals surface area contributed by atoms with Gasteiger partial charge < -0.3 is 19.4 Å². The summed E-state index contributed by atoms with van der Waals surface area (Å²) in [6.45, 7) is 5.43. The molecule has 0 amide bonds. The Morgan fingerprint density at radius 3 is 3.28 bits per heavy atom. The van der Waals surface area contributed by atoms with Gasteiger partial charge in [-0.15, -0.1) is 0 Å². The summed E-state index contributed by atoms with van der Waals surface area (Å²) in [5.74, 6) is 0. The minimum absolute atomic E-state index is 0.348. The number of rotatable bonds is 6. The second-order valence-corrected chi connectivity index (χ2v) is 4.82. The van der Waals surface area contributed by atoms with Crippen LogP contribution in [0.2, 0.25) is 0 Å². The van der Waals surface area contributed by atoms with Crippen molar-refractivity contribution in [2.45, 2.75) is 38.5 Å². The molecule has 5 nitrogen and oxygen atoms in total. The van der Waals surface area contributed by atoms with Crippen LogP contribution in [0.5, 0.6) is 0 Å². The number of methoxy groups -OCH3 is 1. The molecule has 1 aliphatic heterocycles. The summed E-state index contributed by atoms with van der Waals surface area (Å²) in [5, 5.41) is 3.36. The van der Waals surface area contributed by atoms with Gasteiger partial charge in [-0.1, -0.05) is 0 Å². The van der Waals surface area contributed by atoms with E-state index in [1.165, 1.54) is 5.69 Å². The van der Waals surface area contributed by atoms with E-state index in [1.54, 1.807) is 7.11 Å². The smallest absolute Gasteiger partial charge is 0.0951 e. The third-order valence-electron chi connectivity index (χ3n) is 3.39. The lowest BCUT2D eigenvalue weighted by Crippen LogP contribution is -2.27. The fraction of sp³-hybridized carbons (Fsp3) is 0.769. The zero-order chi connectivity index (χ0) is 12.8. The maximum atomic E-state index is 5.59. The van der Waals surface area contributed by atoms with Crippen LogP contribution < -0.4 is 5.32 Å². The predicted octanol–water partition coefficient (Wildman–Crippen LogP) is 1.36. The van der Waals surface area contributed by atoms with Crippen molar-refractivity contribution in [2.24, 2.45) is 0 Å². The lowest BCUT2D eigenvalue weighted by molar-refractivity contribution is 0.00541. The first-order chi connectivity index (χ1) is 8.81. The molecule has 0 spiro atoms. The quantitative estimate of drug-likeness (QED) is 0.778. The molecule has 0 saturated carbocycles. The molecule has 5 heteroatoms. The standard InChI is InChI=1S/C13H23N3O2/c1-11-7-12(3-5-18-11)16-10-15-9-13(16)8-14-4-6-17-2/h9-12,14H,3-8H2,1-2H3. The summed E-state index contributed by atoms with van der Waals surface area (Å²) >= 11 is 0. The van der Waals surface area contributed by atoms with Crippen molar-refractivity contribution in [1.82, 2.24) is 14.9 Å². The molecule has 18 heavy (non-hydrogen) atoms. The summed E-state index contributed by atoms with van der Waals surface area (Å²) in [7, 11) is 1.72. The summed E-state index contributed by atoms with van der Waals surface area (Å²) in [6.07, 6.45) is 6.38. The number of hydrogen-bond acceptors (Lipinski definition) is 4. The highest BCUT2D eigenvalue weighted by Gasteiger charge is 2.22. The molecule has 1 N–H and O–H groups in total. The Morgan fingerprint density at radius 2 is 2.50 bits per heavy atom. The van der Waals surface area contributed by atoms with E-state index in [2.05, 4.69) is 21.8 Å². The maximum absolute atomic E-state index is 5.59. The van der Waals surface area contributed by atoms with Crippen molar-refractivity contribution in [3.05, 3.63) is 18.2 Å². The monoisotopic (exact) mass is 253 g/mol. The van der Waals surface area contributed by atoms with Crippen molar-refractivity contribution < 1.29 is 9.47 Å². The highest BCUT2D eigenvalue weighted by molar-refractivity contribution is 5.01. The number of imidazole rings is 1. The minimum Gasteiger partial charge on any atom is -0.383 e. The van der Waals surface area contributed by atoms with Crippen molar-refractivity contribution in [3.8, 4) is 0 Å². The lowest BCUT2D eigenvalue weighted by atomic mass is 10.0. The first-order valence-corrected chi connectivity index (χ1v) is 6.63. The molecule has 2 atom stereocenters. The average Bonchev–Trinajstić information content (AvgIpc) is 2.83. The third kappa shape index (κ3) is 3.54. The summed E-state index contributed by atoms with van der Waals surface area (Å²) in [4.78, 5) is 4.27. The van der Waals surface area contributed by atoms with Gasteiger partial charge in [0, 0.05) is 39.0 Å². The van der Waals surface area contributed by atoms with E-state index in [4.69, 9.17) is 9.47 Å². The topological polar surface area (TPSA) is 48.3 Å². The van der Waals surface area contributed by atoms with Crippen LogP contribution in [0.15, 0.2) is 12.5 Å². The van der Waals surface area contributed by atoms with Gasteiger partial charge in [-0.3, -0.25) is 0 Å². The van der Waals surface area contributed by atoms with Crippen molar-refractivity contribution in [3.63, 3.8) is 0 Å². The van der Waals surface area contributed by atoms with Crippen molar-refractivity contribution >= 4 is 0 Å². The Morgan fingerprint density at radius 1 is 1.61 bits per heavy atom. The fourth-order valence-corrected chi connectivity index (χ4v) is 2.42. The molecule has 2 rings (SSSR count). The number of hydrogen-bond donors (Lipinski definition) is 1. The first kappa shape index (κ1) is 13.5. The van der Waals surface area contributed by atoms with Gasteiger partial charge in [0.25, 0.3) is 0 Å². The van der Waals surface area contributed by atoms with E-state index >= 15 is 0 Å². The van der Waals surface area contributed by atoms with Crippen LogP contribution >= 0.6 is 0 Å². The molecule has 0 bridgehead atoms. The predicted molar refractivity (Wildman–Crippen MR) is 69.5 cm³/mol. The number of ether oxygens (including phenoxy) is 2. The van der Waals surface area contributed by atoms with E-state index in [0.717, 1.165) is 39.1 Å². The van der Waals surface area contributed by atoms with Gasteiger partial charge in [-0.05, 0) is 19.8 Å². The Hall–Kier alpha value is -0.910. The van der Waals surface area contributed by atoms with Gasteiger partial charge in [0.15, 0.2) is 0 Å². The number of nitrogens with zero attached hydrogens (tertiary/aromatic N) is 2. The summed E-state index contributed by atoms with van der Waals surface area (Å²) in [5.41, 5.74) is 1.24. The zero-order valence-corrected chi connectivity index (χ0v) is 11.3. The van der Waals surface area contributed by atoms with E-state index in [-0.39, 0.29) is 0 Å². The van der Waals surface area contributed by atoms with E-state index in [1.807, 2.05) is 12.5 Å². The van der Waals surface area contributed by atoms with Crippen LogP contribution in [-0.4, -0.2) is 42.5 Å². The highest BCUT2D eigenvalue weighted by atomic mass is 16.5. The van der Waals surface area contributed by atoms with E-state index in [0.29, 0.717) is 12.1 Å². The largest absolute Gasteiger partial charge is 0.383 e. The molecule has 1 saturated heterocycles. The van der Waals surface area contributed by atoms with Crippen molar-refractivity contribution in [1.29, 1.82) is 0 Å². The van der Waals surface area contributed by atoms with Gasteiger partial charge in [0.1, 0.15) is 0 Å². The molecule has 1 fully saturated rings. The Labute approximate surface area is 108 Å². The second kappa shape index (κ2) is 6.87. The summed E-state index contributed by atoms with van der Waals surface area (Å²) in [6, 6.07) is 0.524. The molecule has 1 aliphatic rings. The molecule has 0 aliphatic carbocycles. The zero-order valence-electron chi connectivity index (χ0n) is 11.3. The Balaban J connectivity index is 1.90. The Bertz CT molecular complexity index is 354. The molecular formula is C13H23N3O2.